The molecule has 2 aromatic rings. The van der Waals surface area contributed by atoms with E-state index in [2.05, 4.69) is 25.3 Å². The topological polar surface area (TPSA) is 83.6 Å². The summed E-state index contributed by atoms with van der Waals surface area (Å²) in [5, 5.41) is 2.75. The van der Waals surface area contributed by atoms with Crippen molar-refractivity contribution in [2.24, 2.45) is 5.41 Å². The molecule has 2 aromatic heterocycles. The van der Waals surface area contributed by atoms with Gasteiger partial charge in [-0.05, 0) is 0 Å². The van der Waals surface area contributed by atoms with Crippen LogP contribution in [0.5, 0.6) is 0 Å². The Morgan fingerprint density at radius 3 is 2.65 bits per heavy atom. The predicted molar refractivity (Wildman–Crippen MR) is 66.9 cm³/mol. The van der Waals surface area contributed by atoms with Crippen LogP contribution in [0.2, 0.25) is 0 Å². The van der Waals surface area contributed by atoms with Crippen molar-refractivity contribution in [1.82, 2.24) is 19.9 Å². The third-order valence-electron chi connectivity index (χ3n) is 2.14. The van der Waals surface area contributed by atoms with Gasteiger partial charge in [-0.2, -0.15) is 0 Å². The molecule has 0 unspecified atom stereocenters. The summed E-state index contributed by atoms with van der Waals surface area (Å²) in [4.78, 5) is 26.7. The van der Waals surface area contributed by atoms with Crippen LogP contribution in [0.15, 0.2) is 12.7 Å². The molecule has 6 nitrogen and oxygen atoms in total. The first-order chi connectivity index (χ1) is 7.48. The molecule has 0 aliphatic heterocycles. The van der Waals surface area contributed by atoms with E-state index in [1.807, 2.05) is 20.8 Å². The number of aromatic nitrogens is 4. The summed E-state index contributed by atoms with van der Waals surface area (Å²) in [7, 11) is 0. The zero-order valence-corrected chi connectivity index (χ0v) is 9.40. The normalized spacial score (nSPS) is 11.0. The van der Waals surface area contributed by atoms with Gasteiger partial charge in [-0.1, -0.05) is 20.8 Å². The summed E-state index contributed by atoms with van der Waals surface area (Å²) in [6, 6.07) is 0. The fourth-order valence-electron chi connectivity index (χ4n) is 1.15. The number of fused-ring (bicyclic) bond motifs is 1. The number of H-pyrrole nitrogens is 1. The third kappa shape index (κ3) is 3.32. The Hall–Kier alpha value is -0.344. The number of amides is 1. The maximum absolute atomic E-state index is 11.8. The molecule has 0 aliphatic carbocycles. The number of rotatable bonds is 1. The Bertz CT molecular complexity index is 531. The van der Waals surface area contributed by atoms with Crippen molar-refractivity contribution in [1.29, 1.82) is 0 Å². The SMILES string of the molecule is CC(C)(C)C(=O)Nc1ncnc2nc[nH]c12.[KH]. The minimum absolute atomic E-state index is 0. The first-order valence-corrected chi connectivity index (χ1v) is 4.94. The summed E-state index contributed by atoms with van der Waals surface area (Å²) in [5.74, 6) is 0.365. The second-order valence-corrected chi connectivity index (χ2v) is 4.53. The number of imidazole rings is 1. The van der Waals surface area contributed by atoms with Crippen LogP contribution in [0, 0.1) is 5.41 Å². The fraction of sp³-hybridized carbons (Fsp3) is 0.400. The van der Waals surface area contributed by atoms with Crippen LogP contribution in [0.1, 0.15) is 20.8 Å². The molecular weight excluding hydrogens is 245 g/mol. The molecule has 17 heavy (non-hydrogen) atoms. The number of carbonyl (C=O) groups excluding carboxylic acids is 1. The van der Waals surface area contributed by atoms with Crippen LogP contribution in [-0.4, -0.2) is 77.2 Å². The van der Waals surface area contributed by atoms with Crippen molar-refractivity contribution in [3.63, 3.8) is 0 Å². The molecule has 86 valence electrons. The molecule has 2 N–H and O–H groups in total. The van der Waals surface area contributed by atoms with Crippen LogP contribution >= 0.6 is 0 Å². The van der Waals surface area contributed by atoms with E-state index in [0.29, 0.717) is 17.0 Å². The van der Waals surface area contributed by atoms with Crippen LogP contribution < -0.4 is 5.32 Å². The Balaban J connectivity index is 0.00000144. The molecule has 0 spiro atoms. The second-order valence-electron chi connectivity index (χ2n) is 4.53. The van der Waals surface area contributed by atoms with Gasteiger partial charge in [0, 0.05) is 5.41 Å². The van der Waals surface area contributed by atoms with E-state index in [1.165, 1.54) is 12.7 Å². The van der Waals surface area contributed by atoms with Crippen molar-refractivity contribution in [2.45, 2.75) is 20.8 Å². The van der Waals surface area contributed by atoms with E-state index in [9.17, 15) is 4.79 Å². The average Bonchev–Trinajstić information content (AvgIpc) is 2.65. The zero-order valence-electron chi connectivity index (χ0n) is 9.40. The monoisotopic (exact) mass is 259 g/mol. The summed E-state index contributed by atoms with van der Waals surface area (Å²) >= 11 is 0. The van der Waals surface area contributed by atoms with E-state index in [4.69, 9.17) is 0 Å². The van der Waals surface area contributed by atoms with Gasteiger partial charge in [-0.25, -0.2) is 15.0 Å². The van der Waals surface area contributed by atoms with Crippen molar-refractivity contribution in [3.8, 4) is 0 Å². The maximum atomic E-state index is 11.8. The Kier molecular flexibility index (Phi) is 4.79. The fourth-order valence-corrected chi connectivity index (χ4v) is 1.15. The molecule has 0 radical (unpaired) electrons. The number of hydrogen-bond acceptors (Lipinski definition) is 4. The van der Waals surface area contributed by atoms with E-state index in [-0.39, 0.29) is 57.3 Å². The molecule has 0 aliphatic rings. The van der Waals surface area contributed by atoms with E-state index in [0.717, 1.165) is 0 Å². The third-order valence-corrected chi connectivity index (χ3v) is 2.14. The van der Waals surface area contributed by atoms with E-state index in [1.54, 1.807) is 0 Å². The summed E-state index contributed by atoms with van der Waals surface area (Å²) in [5.41, 5.74) is 0.719. The van der Waals surface area contributed by atoms with E-state index < -0.39 is 5.41 Å². The molecule has 0 saturated carbocycles. The van der Waals surface area contributed by atoms with Crippen molar-refractivity contribution >= 4 is 74.3 Å². The Morgan fingerprint density at radius 1 is 1.29 bits per heavy atom. The average molecular weight is 259 g/mol. The number of nitrogens with zero attached hydrogens (tertiary/aromatic N) is 3. The number of carbonyl (C=O) groups is 1. The standard InChI is InChI=1S/C10H13N5O.K.H/c1-10(2,3)9(16)15-8-6-7(12-4-11-6)13-5-14-8;;/h4-5H,1-3H3,(H2,11,12,13,14,15,16);;. The van der Waals surface area contributed by atoms with Gasteiger partial charge in [0.1, 0.15) is 11.8 Å². The van der Waals surface area contributed by atoms with E-state index >= 15 is 0 Å². The van der Waals surface area contributed by atoms with Crippen LogP contribution in [0.4, 0.5) is 5.82 Å². The first kappa shape index (κ1) is 14.7. The molecule has 7 heteroatoms. The summed E-state index contributed by atoms with van der Waals surface area (Å²) < 4.78 is 0. The van der Waals surface area contributed by atoms with Crippen LogP contribution in [0.3, 0.4) is 0 Å². The van der Waals surface area contributed by atoms with Crippen molar-refractivity contribution in [3.05, 3.63) is 12.7 Å². The van der Waals surface area contributed by atoms with Gasteiger partial charge in [0.2, 0.25) is 5.91 Å². The predicted octanol–water partition coefficient (Wildman–Crippen LogP) is 0.689. The molecule has 0 atom stereocenters. The van der Waals surface area contributed by atoms with Gasteiger partial charge in [-0.15, -0.1) is 0 Å². The molecule has 0 saturated heterocycles. The van der Waals surface area contributed by atoms with Gasteiger partial charge in [0.15, 0.2) is 11.5 Å². The number of hydrogen-bond donors (Lipinski definition) is 2. The minimum atomic E-state index is -0.461. The molecule has 2 heterocycles. The molecule has 0 bridgehead atoms. The molecular formula is C10H14KN5O. The summed E-state index contributed by atoms with van der Waals surface area (Å²) in [6.45, 7) is 5.52. The Labute approximate surface area is 141 Å². The number of aromatic amines is 1. The second kappa shape index (κ2) is 5.53. The molecule has 0 aromatic carbocycles. The summed E-state index contributed by atoms with van der Waals surface area (Å²) in [6.07, 6.45) is 2.90. The van der Waals surface area contributed by atoms with Crippen LogP contribution in [-0.2, 0) is 4.79 Å². The van der Waals surface area contributed by atoms with Gasteiger partial charge < -0.3 is 10.3 Å². The van der Waals surface area contributed by atoms with Crippen LogP contribution in [0.25, 0.3) is 11.2 Å². The number of anilines is 1. The van der Waals surface area contributed by atoms with Gasteiger partial charge >= 0.3 is 51.4 Å². The first-order valence-electron chi connectivity index (χ1n) is 4.94. The molecule has 2 rings (SSSR count). The van der Waals surface area contributed by atoms with Gasteiger partial charge in [-0.3, -0.25) is 4.79 Å². The zero-order chi connectivity index (χ0) is 11.8. The van der Waals surface area contributed by atoms with Gasteiger partial charge in [0.25, 0.3) is 0 Å². The van der Waals surface area contributed by atoms with Gasteiger partial charge in [0.05, 0.1) is 6.33 Å². The van der Waals surface area contributed by atoms with Crippen molar-refractivity contribution < 1.29 is 4.79 Å². The Morgan fingerprint density at radius 2 is 2.00 bits per heavy atom. The molecule has 1 amide bonds. The molecule has 0 fully saturated rings. The quantitative estimate of drug-likeness (QED) is 0.738. The number of nitrogens with one attached hydrogen (secondary N) is 2. The van der Waals surface area contributed by atoms with Crippen molar-refractivity contribution in [2.75, 3.05) is 5.32 Å².